The molecule has 1 aliphatic carbocycles. The standard InChI is InChI=1S/C26H24F3N5O4/c1-25(2,38)14-32-23(36)34-22(16-8-6-15(13-30)7-9-16)21-18(4-3-5-19(21)35)33(24(34)37)17-10-11-31-20(12-17)26(27,28)29/h6-12,22,38H,3-5,14H2,1-2H3,(H,32,36). The second kappa shape index (κ2) is 9.90. The Morgan fingerprint density at radius 1 is 1.18 bits per heavy atom. The summed E-state index contributed by atoms with van der Waals surface area (Å²) in [4.78, 5) is 45.7. The average molecular weight is 528 g/mol. The van der Waals surface area contributed by atoms with Gasteiger partial charge in [0.05, 0.1) is 29.0 Å². The van der Waals surface area contributed by atoms with Gasteiger partial charge in [0.15, 0.2) is 5.78 Å². The smallest absolute Gasteiger partial charge is 0.389 e. The number of aromatic nitrogens is 1. The molecule has 4 amide bonds. The van der Waals surface area contributed by atoms with Crippen LogP contribution in [0.1, 0.15) is 56.0 Å². The van der Waals surface area contributed by atoms with Gasteiger partial charge in [0.1, 0.15) is 5.69 Å². The van der Waals surface area contributed by atoms with E-state index in [1.807, 2.05) is 6.07 Å². The molecule has 2 heterocycles. The fourth-order valence-electron chi connectivity index (χ4n) is 4.47. The number of rotatable bonds is 4. The van der Waals surface area contributed by atoms with Gasteiger partial charge in [0, 0.05) is 30.4 Å². The van der Waals surface area contributed by atoms with E-state index in [2.05, 4.69) is 10.3 Å². The number of alkyl halides is 3. The number of ketones is 1. The second-order valence-electron chi connectivity index (χ2n) is 9.63. The molecule has 1 aromatic heterocycles. The summed E-state index contributed by atoms with van der Waals surface area (Å²) in [7, 11) is 0. The highest BCUT2D eigenvalue weighted by atomic mass is 19.4. The van der Waals surface area contributed by atoms with Crippen LogP contribution in [-0.2, 0) is 11.0 Å². The highest BCUT2D eigenvalue weighted by Gasteiger charge is 2.47. The Hall–Kier alpha value is -4.24. The van der Waals surface area contributed by atoms with E-state index in [0.717, 1.165) is 16.0 Å². The van der Waals surface area contributed by atoms with E-state index in [-0.39, 0.29) is 42.1 Å². The maximum atomic E-state index is 14.0. The zero-order chi connectivity index (χ0) is 27.8. The first-order valence-electron chi connectivity index (χ1n) is 11.7. The van der Waals surface area contributed by atoms with Crippen molar-refractivity contribution in [2.75, 3.05) is 11.4 Å². The van der Waals surface area contributed by atoms with E-state index >= 15 is 0 Å². The molecule has 4 rings (SSSR count). The largest absolute Gasteiger partial charge is 0.433 e. The third-order valence-electron chi connectivity index (χ3n) is 6.17. The first kappa shape index (κ1) is 26.8. The molecule has 2 aromatic rings. The third kappa shape index (κ3) is 5.24. The molecule has 198 valence electrons. The Morgan fingerprint density at radius 3 is 2.47 bits per heavy atom. The number of allylic oxidation sites excluding steroid dienone is 1. The SMILES string of the molecule is CC(C)(O)CNC(=O)N1C(=O)N(c2ccnc(C(F)(F)F)c2)C2=C(C(=O)CCC2)C1c1ccc(C#N)cc1. The number of urea groups is 2. The summed E-state index contributed by atoms with van der Waals surface area (Å²) in [5, 5.41) is 21.8. The van der Waals surface area contributed by atoms with Gasteiger partial charge >= 0.3 is 18.2 Å². The van der Waals surface area contributed by atoms with Crippen LogP contribution in [0.3, 0.4) is 0 Å². The molecule has 1 unspecified atom stereocenters. The van der Waals surface area contributed by atoms with E-state index < -0.39 is 35.6 Å². The molecule has 0 saturated heterocycles. The minimum atomic E-state index is -4.79. The lowest BCUT2D eigenvalue weighted by molar-refractivity contribution is -0.141. The average Bonchev–Trinajstić information content (AvgIpc) is 2.86. The van der Waals surface area contributed by atoms with Gasteiger partial charge in [-0.05, 0) is 56.5 Å². The van der Waals surface area contributed by atoms with Gasteiger partial charge in [0.2, 0.25) is 0 Å². The number of nitriles is 1. The third-order valence-corrected chi connectivity index (χ3v) is 6.17. The number of carbonyl (C=O) groups is 3. The van der Waals surface area contributed by atoms with Crippen molar-refractivity contribution >= 4 is 23.5 Å². The number of anilines is 1. The molecule has 2 aliphatic rings. The van der Waals surface area contributed by atoms with Gasteiger partial charge in [-0.3, -0.25) is 14.7 Å². The predicted octanol–water partition coefficient (Wildman–Crippen LogP) is 4.44. The highest BCUT2D eigenvalue weighted by molar-refractivity contribution is 6.11. The summed E-state index contributed by atoms with van der Waals surface area (Å²) in [5.41, 5.74) is -1.79. The van der Waals surface area contributed by atoms with Crippen LogP contribution in [0.4, 0.5) is 28.4 Å². The minimum Gasteiger partial charge on any atom is -0.389 e. The topological polar surface area (TPSA) is 127 Å². The summed E-state index contributed by atoms with van der Waals surface area (Å²) >= 11 is 0. The van der Waals surface area contributed by atoms with Crippen molar-refractivity contribution in [2.24, 2.45) is 0 Å². The van der Waals surface area contributed by atoms with E-state index in [1.54, 1.807) is 0 Å². The number of pyridine rings is 1. The van der Waals surface area contributed by atoms with Crippen molar-refractivity contribution in [3.8, 4) is 6.07 Å². The molecule has 1 aliphatic heterocycles. The molecule has 0 radical (unpaired) electrons. The molecule has 0 spiro atoms. The van der Waals surface area contributed by atoms with Crippen molar-refractivity contribution in [3.05, 3.63) is 70.7 Å². The number of Topliss-reactive ketones (excluding diaryl/α,β-unsaturated/α-hetero) is 1. The van der Waals surface area contributed by atoms with Crippen LogP contribution in [0, 0.1) is 11.3 Å². The van der Waals surface area contributed by atoms with Gasteiger partial charge < -0.3 is 10.4 Å². The fourth-order valence-corrected chi connectivity index (χ4v) is 4.47. The van der Waals surface area contributed by atoms with Crippen LogP contribution in [0.15, 0.2) is 53.9 Å². The molecule has 1 atom stereocenters. The number of amides is 4. The van der Waals surface area contributed by atoms with E-state index in [9.17, 15) is 37.9 Å². The summed E-state index contributed by atoms with van der Waals surface area (Å²) in [5.74, 6) is -0.358. The minimum absolute atomic E-state index is 0.101. The lowest BCUT2D eigenvalue weighted by Gasteiger charge is -2.44. The van der Waals surface area contributed by atoms with Gasteiger partial charge in [-0.2, -0.15) is 18.4 Å². The van der Waals surface area contributed by atoms with E-state index in [0.29, 0.717) is 23.6 Å². The van der Waals surface area contributed by atoms with Gasteiger partial charge in [0.25, 0.3) is 0 Å². The number of carbonyl (C=O) groups excluding carboxylic acids is 3. The highest BCUT2D eigenvalue weighted by Crippen LogP contribution is 2.44. The molecular weight excluding hydrogens is 503 g/mol. The van der Waals surface area contributed by atoms with Crippen molar-refractivity contribution in [3.63, 3.8) is 0 Å². The van der Waals surface area contributed by atoms with Crippen LogP contribution in [0.25, 0.3) is 0 Å². The summed E-state index contributed by atoms with van der Waals surface area (Å²) in [6.45, 7) is 2.64. The number of benzene rings is 1. The number of halogens is 3. The van der Waals surface area contributed by atoms with Crippen LogP contribution >= 0.6 is 0 Å². The first-order valence-corrected chi connectivity index (χ1v) is 11.7. The summed E-state index contributed by atoms with van der Waals surface area (Å²) in [6, 6.07) is 6.74. The Kier molecular flexibility index (Phi) is 6.99. The number of hydrogen-bond donors (Lipinski definition) is 2. The van der Waals surface area contributed by atoms with E-state index in [4.69, 9.17) is 0 Å². The normalized spacial score (nSPS) is 18.3. The molecule has 0 saturated carbocycles. The van der Waals surface area contributed by atoms with Gasteiger partial charge in [-0.25, -0.2) is 14.5 Å². The van der Waals surface area contributed by atoms with Crippen molar-refractivity contribution in [1.29, 1.82) is 5.26 Å². The van der Waals surface area contributed by atoms with Gasteiger partial charge in [-0.15, -0.1) is 0 Å². The van der Waals surface area contributed by atoms with Crippen LogP contribution < -0.4 is 10.2 Å². The summed E-state index contributed by atoms with van der Waals surface area (Å²) < 4.78 is 40.3. The molecule has 38 heavy (non-hydrogen) atoms. The Balaban J connectivity index is 1.93. The Bertz CT molecular complexity index is 1360. The lowest BCUT2D eigenvalue weighted by atomic mass is 9.83. The molecule has 1 aromatic carbocycles. The monoisotopic (exact) mass is 527 g/mol. The van der Waals surface area contributed by atoms with Crippen molar-refractivity contribution in [1.82, 2.24) is 15.2 Å². The number of imide groups is 1. The predicted molar refractivity (Wildman–Crippen MR) is 128 cm³/mol. The van der Waals surface area contributed by atoms with Crippen molar-refractivity contribution < 1.29 is 32.7 Å². The number of hydrogen-bond acceptors (Lipinski definition) is 6. The number of nitrogens with zero attached hydrogens (tertiary/aromatic N) is 4. The van der Waals surface area contributed by atoms with Crippen LogP contribution in [0.2, 0.25) is 0 Å². The quantitative estimate of drug-likeness (QED) is 0.605. The summed E-state index contributed by atoms with van der Waals surface area (Å²) in [6.07, 6.45) is -3.19. The first-order chi connectivity index (χ1) is 17.8. The lowest BCUT2D eigenvalue weighted by Crippen LogP contribution is -2.57. The second-order valence-corrected chi connectivity index (χ2v) is 9.63. The van der Waals surface area contributed by atoms with Gasteiger partial charge in [-0.1, -0.05) is 12.1 Å². The molecular formula is C26H24F3N5O4. The zero-order valence-corrected chi connectivity index (χ0v) is 20.5. The molecule has 9 nitrogen and oxygen atoms in total. The molecule has 12 heteroatoms. The fraction of sp³-hybridized carbons (Fsp3) is 0.346. The zero-order valence-electron chi connectivity index (χ0n) is 20.5. The van der Waals surface area contributed by atoms with Crippen LogP contribution in [-0.4, -0.2) is 45.0 Å². The Morgan fingerprint density at radius 2 is 1.87 bits per heavy atom. The Labute approximate surface area is 216 Å². The maximum Gasteiger partial charge on any atom is 0.433 e. The van der Waals surface area contributed by atoms with Crippen LogP contribution in [0.5, 0.6) is 0 Å². The maximum absolute atomic E-state index is 14.0. The van der Waals surface area contributed by atoms with Crippen molar-refractivity contribution in [2.45, 2.75) is 50.9 Å². The molecule has 2 N–H and O–H groups in total. The molecule has 0 bridgehead atoms. The van der Waals surface area contributed by atoms with E-state index in [1.165, 1.54) is 44.2 Å². The number of nitrogens with one attached hydrogen (secondary N) is 1. The number of aliphatic hydroxyl groups is 1. The molecule has 0 fully saturated rings.